The van der Waals surface area contributed by atoms with Crippen molar-refractivity contribution in [1.82, 2.24) is 0 Å². The molecular weight excluding hydrogens is 575 g/mol. The molecule has 1 unspecified atom stereocenters. The third-order valence-electron chi connectivity index (χ3n) is 7.26. The Balaban J connectivity index is 1.35. The van der Waals surface area contributed by atoms with Gasteiger partial charge in [-0.1, -0.05) is 96.7 Å². The number of hydrogen-bond acceptors (Lipinski definition) is 7. The van der Waals surface area contributed by atoms with Crippen LogP contribution in [0, 0.1) is 0 Å². The standard InChI is InChI=1S/C35H25N3O3S2/c1-41-30-20-16-24(17-21-30)22-31-34(40)37(28-12-4-2-5-13-28)35(42-31)38(29-14-6-3-7-15-29)36-33(43-35)32(39)27-19-18-25-10-8-9-11-26(25)23-27/h2-23H,1H3. The van der Waals surface area contributed by atoms with Crippen LogP contribution in [0.15, 0.2) is 137 Å². The van der Waals surface area contributed by atoms with Gasteiger partial charge in [0.05, 0.1) is 17.7 Å². The number of Topliss-reactive ketones (excluding diaryl/α,β-unsaturated/α-hetero) is 1. The van der Waals surface area contributed by atoms with E-state index in [1.807, 2.05) is 133 Å². The normalized spacial score (nSPS) is 19.0. The summed E-state index contributed by atoms with van der Waals surface area (Å²) in [7, 11) is 1.62. The van der Waals surface area contributed by atoms with E-state index in [-0.39, 0.29) is 11.7 Å². The Hall–Kier alpha value is -4.79. The summed E-state index contributed by atoms with van der Waals surface area (Å²) in [5.74, 6) is 0.374. The molecule has 0 aromatic heterocycles. The summed E-state index contributed by atoms with van der Waals surface area (Å²) in [6.07, 6.45) is 1.88. The highest BCUT2D eigenvalue weighted by Gasteiger charge is 2.60. The SMILES string of the molecule is COc1ccc(C=C2SC3(SC(C(=O)c4ccc5ccccc5c4)=NN3c3ccccc3)N(c3ccccc3)C2=O)cc1. The predicted octanol–water partition coefficient (Wildman–Crippen LogP) is 8.03. The van der Waals surface area contributed by atoms with Gasteiger partial charge < -0.3 is 4.74 Å². The summed E-state index contributed by atoms with van der Waals surface area (Å²) in [4.78, 5) is 30.6. The highest BCUT2D eigenvalue weighted by molar-refractivity contribution is 8.29. The molecule has 1 amide bonds. The fraction of sp³-hybridized carbons (Fsp3) is 0.0571. The number of para-hydroxylation sites is 2. The van der Waals surface area contributed by atoms with E-state index in [2.05, 4.69) is 0 Å². The van der Waals surface area contributed by atoms with E-state index in [0.717, 1.165) is 27.8 Å². The van der Waals surface area contributed by atoms with E-state index in [9.17, 15) is 9.59 Å². The van der Waals surface area contributed by atoms with Crippen molar-refractivity contribution in [1.29, 1.82) is 0 Å². The maximum atomic E-state index is 14.3. The van der Waals surface area contributed by atoms with Gasteiger partial charge in [-0.05, 0) is 76.6 Å². The van der Waals surface area contributed by atoms with E-state index >= 15 is 0 Å². The average Bonchev–Trinajstić information content (AvgIpc) is 3.57. The number of benzene rings is 5. The summed E-state index contributed by atoms with van der Waals surface area (Å²) in [6, 6.07) is 40.4. The second-order valence-corrected chi connectivity index (χ2v) is 12.6. The van der Waals surface area contributed by atoms with Crippen LogP contribution < -0.4 is 14.6 Å². The number of carbonyl (C=O) groups excluding carboxylic acids is 2. The van der Waals surface area contributed by atoms with Gasteiger partial charge in [0.15, 0.2) is 5.04 Å². The molecule has 0 N–H and O–H groups in total. The molecule has 0 radical (unpaired) electrons. The molecule has 1 saturated heterocycles. The number of anilines is 2. The first kappa shape index (κ1) is 27.1. The van der Waals surface area contributed by atoms with Crippen molar-refractivity contribution >= 4 is 68.5 Å². The summed E-state index contributed by atoms with van der Waals surface area (Å²) in [6.45, 7) is 0. The number of methoxy groups -OCH3 is 1. The molecule has 1 fully saturated rings. The minimum absolute atomic E-state index is 0.171. The third kappa shape index (κ3) is 4.88. The minimum atomic E-state index is -1.11. The number of carbonyl (C=O) groups is 2. The molecule has 6 nitrogen and oxygen atoms in total. The van der Waals surface area contributed by atoms with Gasteiger partial charge in [-0.2, -0.15) is 5.10 Å². The van der Waals surface area contributed by atoms with E-state index < -0.39 is 4.33 Å². The average molecular weight is 600 g/mol. The zero-order chi connectivity index (χ0) is 29.4. The summed E-state index contributed by atoms with van der Waals surface area (Å²) in [5, 5.41) is 9.08. The number of fused-ring (bicyclic) bond motifs is 1. The number of amides is 1. The maximum Gasteiger partial charge on any atom is 0.268 e. The van der Waals surface area contributed by atoms with Crippen LogP contribution in [-0.2, 0) is 4.79 Å². The molecule has 2 aliphatic heterocycles. The van der Waals surface area contributed by atoms with E-state index in [1.165, 1.54) is 23.5 Å². The molecule has 5 aromatic rings. The molecule has 43 heavy (non-hydrogen) atoms. The molecule has 0 saturated carbocycles. The number of hydrazone groups is 1. The van der Waals surface area contributed by atoms with Crippen LogP contribution in [0.25, 0.3) is 16.8 Å². The Kier molecular flexibility index (Phi) is 7.01. The molecule has 1 spiro atoms. The Morgan fingerprint density at radius 1 is 0.767 bits per heavy atom. The number of ketones is 1. The zero-order valence-corrected chi connectivity index (χ0v) is 24.7. The maximum absolute atomic E-state index is 14.3. The van der Waals surface area contributed by atoms with E-state index in [0.29, 0.717) is 21.2 Å². The van der Waals surface area contributed by atoms with Crippen LogP contribution in [0.4, 0.5) is 11.4 Å². The van der Waals surface area contributed by atoms with Crippen molar-refractivity contribution in [3.8, 4) is 5.75 Å². The lowest BCUT2D eigenvalue weighted by molar-refractivity contribution is -0.114. The van der Waals surface area contributed by atoms with Gasteiger partial charge in [0, 0.05) is 11.3 Å². The van der Waals surface area contributed by atoms with Gasteiger partial charge in [0.2, 0.25) is 10.1 Å². The zero-order valence-electron chi connectivity index (χ0n) is 23.1. The summed E-state index contributed by atoms with van der Waals surface area (Å²) >= 11 is 2.68. The van der Waals surface area contributed by atoms with Crippen LogP contribution >= 0.6 is 23.5 Å². The van der Waals surface area contributed by atoms with Gasteiger partial charge in [0.25, 0.3) is 5.91 Å². The van der Waals surface area contributed by atoms with E-state index in [4.69, 9.17) is 9.84 Å². The lowest BCUT2D eigenvalue weighted by atomic mass is 10.0. The first-order valence-corrected chi connectivity index (χ1v) is 15.3. The first-order chi connectivity index (χ1) is 21.1. The quantitative estimate of drug-likeness (QED) is 0.145. The topological polar surface area (TPSA) is 62.2 Å². The molecule has 2 aliphatic rings. The highest BCUT2D eigenvalue weighted by Crippen LogP contribution is 2.59. The summed E-state index contributed by atoms with van der Waals surface area (Å²) < 4.78 is 4.20. The van der Waals surface area contributed by atoms with Crippen LogP contribution in [0.5, 0.6) is 5.75 Å². The van der Waals surface area contributed by atoms with Crippen LogP contribution in [0.3, 0.4) is 0 Å². The van der Waals surface area contributed by atoms with Crippen molar-refractivity contribution < 1.29 is 14.3 Å². The molecule has 5 aromatic carbocycles. The van der Waals surface area contributed by atoms with Gasteiger partial charge in [-0.15, -0.1) is 0 Å². The van der Waals surface area contributed by atoms with Crippen LogP contribution in [0.2, 0.25) is 0 Å². The Labute approximate surface area is 257 Å². The van der Waals surface area contributed by atoms with Crippen molar-refractivity contribution in [3.05, 3.63) is 143 Å². The van der Waals surface area contributed by atoms with Crippen molar-refractivity contribution in [2.45, 2.75) is 4.33 Å². The fourth-order valence-electron chi connectivity index (χ4n) is 5.16. The third-order valence-corrected chi connectivity index (χ3v) is 9.98. The number of ether oxygens (including phenoxy) is 1. The Morgan fingerprint density at radius 3 is 2.12 bits per heavy atom. The smallest absolute Gasteiger partial charge is 0.268 e. The van der Waals surface area contributed by atoms with Gasteiger partial charge in [0.1, 0.15) is 5.75 Å². The van der Waals surface area contributed by atoms with Gasteiger partial charge in [-0.3, -0.25) is 14.5 Å². The van der Waals surface area contributed by atoms with Gasteiger partial charge in [-0.25, -0.2) is 5.01 Å². The second kappa shape index (κ2) is 11.1. The monoisotopic (exact) mass is 599 g/mol. The first-order valence-electron chi connectivity index (χ1n) is 13.7. The molecule has 8 heteroatoms. The largest absolute Gasteiger partial charge is 0.497 e. The molecule has 0 aliphatic carbocycles. The van der Waals surface area contributed by atoms with Crippen LogP contribution in [-0.4, -0.2) is 28.2 Å². The van der Waals surface area contributed by atoms with Crippen molar-refractivity contribution in [2.24, 2.45) is 5.10 Å². The molecule has 2 heterocycles. The molecular formula is C35H25N3O3S2. The van der Waals surface area contributed by atoms with E-state index in [1.54, 1.807) is 17.0 Å². The number of rotatable bonds is 6. The highest BCUT2D eigenvalue weighted by atomic mass is 32.2. The molecule has 210 valence electrons. The van der Waals surface area contributed by atoms with Crippen molar-refractivity contribution in [2.75, 3.05) is 17.0 Å². The molecule has 7 rings (SSSR count). The molecule has 0 bridgehead atoms. The number of thioether (sulfide) groups is 2. The van der Waals surface area contributed by atoms with Crippen molar-refractivity contribution in [3.63, 3.8) is 0 Å². The fourth-order valence-corrected chi connectivity index (χ4v) is 8.10. The lowest BCUT2D eigenvalue weighted by Gasteiger charge is -2.38. The second-order valence-electron chi connectivity index (χ2n) is 9.95. The summed E-state index contributed by atoms with van der Waals surface area (Å²) in [5.41, 5.74) is 2.89. The number of hydrogen-bond donors (Lipinski definition) is 0. The Bertz CT molecular complexity index is 1910. The van der Waals surface area contributed by atoms with Crippen LogP contribution in [0.1, 0.15) is 15.9 Å². The van der Waals surface area contributed by atoms with Gasteiger partial charge >= 0.3 is 0 Å². The molecule has 1 atom stereocenters. The minimum Gasteiger partial charge on any atom is -0.497 e. The predicted molar refractivity (Wildman–Crippen MR) is 177 cm³/mol. The Morgan fingerprint density at radius 2 is 1.42 bits per heavy atom. The number of nitrogens with zero attached hydrogens (tertiary/aromatic N) is 3. The lowest BCUT2D eigenvalue weighted by Crippen LogP contribution is -2.51.